The SMILES string of the molecule is COc1ccc(S(=O)(=O)N(C)C)cc1NC(=O)c1ccc(N2CCOCC2)c([N+](=O)[O-])c1. The summed E-state index contributed by atoms with van der Waals surface area (Å²) >= 11 is 0. The van der Waals surface area contributed by atoms with Gasteiger partial charge in [0, 0.05) is 38.8 Å². The molecule has 0 aliphatic carbocycles. The normalized spacial score (nSPS) is 14.3. The second-order valence-corrected chi connectivity index (χ2v) is 9.32. The monoisotopic (exact) mass is 464 g/mol. The number of hydrogen-bond donors (Lipinski definition) is 1. The number of nitro groups is 1. The quantitative estimate of drug-likeness (QED) is 0.486. The van der Waals surface area contributed by atoms with Gasteiger partial charge in [0.05, 0.1) is 35.8 Å². The molecule has 1 aliphatic rings. The molecule has 1 fully saturated rings. The van der Waals surface area contributed by atoms with Gasteiger partial charge in [-0.2, -0.15) is 0 Å². The van der Waals surface area contributed by atoms with Gasteiger partial charge in [-0.1, -0.05) is 0 Å². The third-order valence-electron chi connectivity index (χ3n) is 4.98. The van der Waals surface area contributed by atoms with Crippen molar-refractivity contribution >= 4 is 33.0 Å². The fourth-order valence-corrected chi connectivity index (χ4v) is 4.16. The number of methoxy groups -OCH3 is 1. The molecule has 0 atom stereocenters. The van der Waals surface area contributed by atoms with Gasteiger partial charge >= 0.3 is 0 Å². The minimum Gasteiger partial charge on any atom is -0.495 e. The van der Waals surface area contributed by atoms with Gasteiger partial charge < -0.3 is 19.7 Å². The molecular weight excluding hydrogens is 440 g/mol. The summed E-state index contributed by atoms with van der Waals surface area (Å²) in [6, 6.07) is 8.29. The van der Waals surface area contributed by atoms with Crippen LogP contribution < -0.4 is 15.0 Å². The van der Waals surface area contributed by atoms with Crippen LogP contribution in [-0.4, -0.2) is 71.1 Å². The number of nitrogens with one attached hydrogen (secondary N) is 1. The Bertz CT molecular complexity index is 1130. The summed E-state index contributed by atoms with van der Waals surface area (Å²) in [7, 11) is 0.434. The smallest absolute Gasteiger partial charge is 0.293 e. The van der Waals surface area contributed by atoms with Gasteiger partial charge in [-0.05, 0) is 30.3 Å². The minimum atomic E-state index is -3.74. The number of nitrogens with zero attached hydrogens (tertiary/aromatic N) is 3. The van der Waals surface area contributed by atoms with Crippen LogP contribution in [0.4, 0.5) is 17.1 Å². The molecule has 32 heavy (non-hydrogen) atoms. The number of sulfonamides is 1. The van der Waals surface area contributed by atoms with E-state index in [4.69, 9.17) is 9.47 Å². The van der Waals surface area contributed by atoms with Gasteiger partial charge in [0.15, 0.2) is 0 Å². The molecule has 1 aliphatic heterocycles. The number of hydrogen-bond acceptors (Lipinski definition) is 8. The van der Waals surface area contributed by atoms with Crippen LogP contribution in [0.25, 0.3) is 0 Å². The first kappa shape index (κ1) is 23.4. The van der Waals surface area contributed by atoms with E-state index < -0.39 is 20.9 Å². The van der Waals surface area contributed by atoms with Gasteiger partial charge in [0.2, 0.25) is 10.0 Å². The number of morpholine rings is 1. The van der Waals surface area contributed by atoms with Crippen molar-refractivity contribution in [3.05, 3.63) is 52.1 Å². The summed E-state index contributed by atoms with van der Waals surface area (Å²) in [6.45, 7) is 1.95. The molecule has 12 heteroatoms. The highest BCUT2D eigenvalue weighted by Crippen LogP contribution is 2.32. The molecule has 0 spiro atoms. The van der Waals surface area contributed by atoms with E-state index in [2.05, 4.69) is 5.32 Å². The molecule has 0 radical (unpaired) electrons. The predicted octanol–water partition coefficient (Wildman–Crippen LogP) is 1.94. The maximum atomic E-state index is 12.9. The molecule has 172 valence electrons. The molecule has 0 saturated carbocycles. The Morgan fingerprint density at radius 3 is 2.47 bits per heavy atom. The summed E-state index contributed by atoms with van der Waals surface area (Å²) < 4.78 is 36.4. The van der Waals surface area contributed by atoms with E-state index in [9.17, 15) is 23.3 Å². The third-order valence-corrected chi connectivity index (χ3v) is 6.79. The lowest BCUT2D eigenvalue weighted by molar-refractivity contribution is -0.384. The number of amides is 1. The molecule has 0 bridgehead atoms. The van der Waals surface area contributed by atoms with E-state index in [1.165, 1.54) is 57.6 Å². The lowest BCUT2D eigenvalue weighted by atomic mass is 10.1. The van der Waals surface area contributed by atoms with Gasteiger partial charge in [-0.3, -0.25) is 14.9 Å². The minimum absolute atomic E-state index is 0.0350. The van der Waals surface area contributed by atoms with Crippen molar-refractivity contribution in [1.82, 2.24) is 4.31 Å². The fraction of sp³-hybridized carbons (Fsp3) is 0.350. The van der Waals surface area contributed by atoms with E-state index in [0.29, 0.717) is 32.0 Å². The second kappa shape index (κ2) is 9.51. The van der Waals surface area contributed by atoms with E-state index in [-0.39, 0.29) is 27.6 Å². The summed E-state index contributed by atoms with van der Waals surface area (Å²) in [5, 5.41) is 14.2. The third kappa shape index (κ3) is 4.82. The zero-order valence-corrected chi connectivity index (χ0v) is 18.7. The first-order valence-corrected chi connectivity index (χ1v) is 11.1. The van der Waals surface area contributed by atoms with Gasteiger partial charge in [-0.15, -0.1) is 0 Å². The lowest BCUT2D eigenvalue weighted by Gasteiger charge is -2.28. The highest BCUT2D eigenvalue weighted by molar-refractivity contribution is 7.89. The Kier molecular flexibility index (Phi) is 6.96. The summed E-state index contributed by atoms with van der Waals surface area (Å²) in [5.74, 6) is -0.394. The molecule has 11 nitrogen and oxygen atoms in total. The second-order valence-electron chi connectivity index (χ2n) is 7.16. The number of nitro benzene ring substituents is 1. The van der Waals surface area contributed by atoms with Crippen molar-refractivity contribution in [3.8, 4) is 5.75 Å². The van der Waals surface area contributed by atoms with Crippen LogP contribution >= 0.6 is 0 Å². The van der Waals surface area contributed by atoms with E-state index in [1.807, 2.05) is 4.90 Å². The molecule has 1 N–H and O–H groups in total. The molecule has 3 rings (SSSR count). The molecule has 1 heterocycles. The number of ether oxygens (including phenoxy) is 2. The number of anilines is 2. The summed E-state index contributed by atoms with van der Waals surface area (Å²) in [5.41, 5.74) is 0.388. The summed E-state index contributed by atoms with van der Waals surface area (Å²) in [4.78, 5) is 25.8. The van der Waals surface area contributed by atoms with Crippen molar-refractivity contribution in [2.45, 2.75) is 4.90 Å². The number of rotatable bonds is 7. The van der Waals surface area contributed by atoms with Crippen LogP contribution in [0.3, 0.4) is 0 Å². The van der Waals surface area contributed by atoms with Crippen molar-refractivity contribution in [2.75, 3.05) is 57.7 Å². The highest BCUT2D eigenvalue weighted by Gasteiger charge is 2.24. The Hall–Kier alpha value is -3.22. The molecule has 2 aromatic rings. The van der Waals surface area contributed by atoms with Crippen molar-refractivity contribution in [1.29, 1.82) is 0 Å². The maximum absolute atomic E-state index is 12.9. The molecule has 2 aromatic carbocycles. The highest BCUT2D eigenvalue weighted by atomic mass is 32.2. The Labute approximate surface area is 185 Å². The van der Waals surface area contributed by atoms with Gasteiger partial charge in [0.1, 0.15) is 11.4 Å². The van der Waals surface area contributed by atoms with E-state index in [0.717, 1.165) is 4.31 Å². The van der Waals surface area contributed by atoms with Crippen molar-refractivity contribution < 1.29 is 27.6 Å². The molecule has 0 aromatic heterocycles. The van der Waals surface area contributed by atoms with Gasteiger partial charge in [0.25, 0.3) is 11.6 Å². The predicted molar refractivity (Wildman–Crippen MR) is 118 cm³/mol. The zero-order chi connectivity index (χ0) is 23.5. The standard InChI is InChI=1S/C20H24N4O7S/c1-22(2)32(28,29)15-5-7-19(30-3)16(13-15)21-20(25)14-4-6-17(18(12-14)24(26)27)23-8-10-31-11-9-23/h4-7,12-13H,8-11H2,1-3H3,(H,21,25). The maximum Gasteiger partial charge on any atom is 0.293 e. The van der Waals surface area contributed by atoms with Gasteiger partial charge in [-0.25, -0.2) is 12.7 Å². The molecule has 1 amide bonds. The number of carbonyl (C=O) groups is 1. The molecule has 1 saturated heterocycles. The first-order chi connectivity index (χ1) is 15.1. The average molecular weight is 465 g/mol. The van der Waals surface area contributed by atoms with Crippen LogP contribution in [0.15, 0.2) is 41.3 Å². The van der Waals surface area contributed by atoms with Crippen LogP contribution in [0, 0.1) is 10.1 Å². The lowest BCUT2D eigenvalue weighted by Crippen LogP contribution is -2.36. The van der Waals surface area contributed by atoms with Crippen molar-refractivity contribution in [2.24, 2.45) is 0 Å². The topological polar surface area (TPSA) is 131 Å². The van der Waals surface area contributed by atoms with Crippen molar-refractivity contribution in [3.63, 3.8) is 0 Å². The van der Waals surface area contributed by atoms with E-state index >= 15 is 0 Å². The largest absolute Gasteiger partial charge is 0.495 e. The molecular formula is C20H24N4O7S. The first-order valence-electron chi connectivity index (χ1n) is 9.68. The van der Waals surface area contributed by atoms with E-state index in [1.54, 1.807) is 0 Å². The van der Waals surface area contributed by atoms with Crippen LogP contribution in [-0.2, 0) is 14.8 Å². The average Bonchev–Trinajstić information content (AvgIpc) is 2.79. The Balaban J connectivity index is 1.93. The fourth-order valence-electron chi connectivity index (χ4n) is 3.23. The number of benzene rings is 2. The van der Waals surface area contributed by atoms with Crippen LogP contribution in [0.2, 0.25) is 0 Å². The summed E-state index contributed by atoms with van der Waals surface area (Å²) in [6.07, 6.45) is 0. The number of carbonyl (C=O) groups excluding carboxylic acids is 1. The Morgan fingerprint density at radius 2 is 1.88 bits per heavy atom. The van der Waals surface area contributed by atoms with Crippen LogP contribution in [0.5, 0.6) is 5.75 Å². The Morgan fingerprint density at radius 1 is 1.19 bits per heavy atom. The van der Waals surface area contributed by atoms with Crippen LogP contribution in [0.1, 0.15) is 10.4 Å². The zero-order valence-electron chi connectivity index (χ0n) is 17.9. The molecule has 0 unspecified atom stereocenters.